The Bertz CT molecular complexity index is 558. The lowest BCUT2D eigenvalue weighted by molar-refractivity contribution is 0.564. The molecule has 0 aromatic carbocycles. The summed E-state index contributed by atoms with van der Waals surface area (Å²) in [5.74, 6) is 1.99. The van der Waals surface area contributed by atoms with Crippen molar-refractivity contribution in [2.45, 2.75) is 33.1 Å². The molecule has 0 aliphatic rings. The summed E-state index contributed by atoms with van der Waals surface area (Å²) in [6, 6.07) is 0. The van der Waals surface area contributed by atoms with E-state index in [9.17, 15) is 0 Å². The van der Waals surface area contributed by atoms with Gasteiger partial charge in [0.1, 0.15) is 12.1 Å². The number of aromatic nitrogens is 5. The van der Waals surface area contributed by atoms with E-state index in [-0.39, 0.29) is 5.41 Å². The molecule has 19 heavy (non-hydrogen) atoms. The van der Waals surface area contributed by atoms with E-state index in [1.165, 1.54) is 6.33 Å². The average molecular weight is 372 g/mol. The zero-order valence-electron chi connectivity index (χ0n) is 11.5. The van der Waals surface area contributed by atoms with Crippen molar-refractivity contribution in [1.82, 2.24) is 25.1 Å². The first-order valence-electron chi connectivity index (χ1n) is 6.11. The number of halogens is 1. The summed E-state index contributed by atoms with van der Waals surface area (Å²) in [4.78, 5) is 13.3. The van der Waals surface area contributed by atoms with Gasteiger partial charge in [0, 0.05) is 12.0 Å². The van der Waals surface area contributed by atoms with Gasteiger partial charge in [-0.15, -0.1) is 0 Å². The average Bonchev–Trinajstić information content (AvgIpc) is 2.84. The molecule has 0 radical (unpaired) electrons. The SMILES string of the molecule is CCNc1nc(-c2ncn[nH]2)nc(C(C)(C)C)c1I. The Kier molecular flexibility index (Phi) is 4.02. The van der Waals surface area contributed by atoms with Crippen LogP contribution >= 0.6 is 22.6 Å². The highest BCUT2D eigenvalue weighted by atomic mass is 127. The van der Waals surface area contributed by atoms with Crippen LogP contribution in [0.2, 0.25) is 0 Å². The maximum atomic E-state index is 4.64. The highest BCUT2D eigenvalue weighted by molar-refractivity contribution is 14.1. The maximum absolute atomic E-state index is 4.64. The van der Waals surface area contributed by atoms with Crippen LogP contribution in [-0.4, -0.2) is 31.7 Å². The molecule has 0 atom stereocenters. The molecular formula is C12H17IN6. The van der Waals surface area contributed by atoms with E-state index in [1.807, 2.05) is 6.92 Å². The Labute approximate surface area is 126 Å². The van der Waals surface area contributed by atoms with E-state index in [0.717, 1.165) is 21.6 Å². The number of nitrogens with zero attached hydrogens (tertiary/aromatic N) is 4. The summed E-state index contributed by atoms with van der Waals surface area (Å²) in [5.41, 5.74) is 0.948. The molecule has 0 bridgehead atoms. The highest BCUT2D eigenvalue weighted by Gasteiger charge is 2.24. The second kappa shape index (κ2) is 5.40. The second-order valence-electron chi connectivity index (χ2n) is 5.17. The van der Waals surface area contributed by atoms with Crippen molar-refractivity contribution in [2.75, 3.05) is 11.9 Å². The van der Waals surface area contributed by atoms with Gasteiger partial charge in [-0.2, -0.15) is 5.10 Å². The van der Waals surface area contributed by atoms with E-state index in [2.05, 4.69) is 73.8 Å². The van der Waals surface area contributed by atoms with Crippen LogP contribution in [-0.2, 0) is 5.41 Å². The summed E-state index contributed by atoms with van der Waals surface area (Å²) < 4.78 is 1.05. The Morgan fingerprint density at radius 2 is 2.05 bits per heavy atom. The lowest BCUT2D eigenvalue weighted by Gasteiger charge is -2.21. The fourth-order valence-electron chi connectivity index (χ4n) is 1.65. The topological polar surface area (TPSA) is 79.4 Å². The molecule has 0 spiro atoms. The van der Waals surface area contributed by atoms with E-state index >= 15 is 0 Å². The summed E-state index contributed by atoms with van der Waals surface area (Å²) >= 11 is 2.29. The molecule has 7 heteroatoms. The number of hydrogen-bond acceptors (Lipinski definition) is 5. The summed E-state index contributed by atoms with van der Waals surface area (Å²) in [6.45, 7) is 9.27. The Morgan fingerprint density at radius 1 is 1.32 bits per heavy atom. The van der Waals surface area contributed by atoms with Crippen LogP contribution in [0.3, 0.4) is 0 Å². The molecule has 0 amide bonds. The van der Waals surface area contributed by atoms with Gasteiger partial charge >= 0.3 is 0 Å². The van der Waals surface area contributed by atoms with Gasteiger partial charge in [-0.1, -0.05) is 20.8 Å². The molecule has 2 N–H and O–H groups in total. The van der Waals surface area contributed by atoms with Gasteiger partial charge in [-0.3, -0.25) is 5.10 Å². The number of anilines is 1. The van der Waals surface area contributed by atoms with Crippen LogP contribution in [0.5, 0.6) is 0 Å². The number of hydrogen-bond donors (Lipinski definition) is 2. The summed E-state index contributed by atoms with van der Waals surface area (Å²) in [6.07, 6.45) is 1.46. The van der Waals surface area contributed by atoms with Crippen molar-refractivity contribution in [3.8, 4) is 11.6 Å². The third kappa shape index (κ3) is 3.02. The normalized spacial score (nSPS) is 11.6. The molecule has 2 heterocycles. The molecule has 2 aromatic rings. The largest absolute Gasteiger partial charge is 0.369 e. The predicted octanol–water partition coefficient (Wildman–Crippen LogP) is 2.60. The van der Waals surface area contributed by atoms with Gasteiger partial charge in [0.05, 0.1) is 9.26 Å². The molecule has 0 fully saturated rings. The van der Waals surface area contributed by atoms with Crippen LogP contribution in [0.15, 0.2) is 6.33 Å². The van der Waals surface area contributed by atoms with Crippen molar-refractivity contribution in [3.05, 3.63) is 15.6 Å². The van der Waals surface area contributed by atoms with Crippen LogP contribution in [0, 0.1) is 3.57 Å². The van der Waals surface area contributed by atoms with Crippen molar-refractivity contribution in [2.24, 2.45) is 0 Å². The zero-order chi connectivity index (χ0) is 14.0. The molecule has 2 aromatic heterocycles. The Balaban J connectivity index is 2.61. The molecule has 2 rings (SSSR count). The second-order valence-corrected chi connectivity index (χ2v) is 6.25. The van der Waals surface area contributed by atoms with Gasteiger partial charge < -0.3 is 5.32 Å². The van der Waals surface area contributed by atoms with Crippen molar-refractivity contribution in [1.29, 1.82) is 0 Å². The molecule has 0 aliphatic heterocycles. The molecule has 0 aliphatic carbocycles. The first-order chi connectivity index (χ1) is 8.93. The lowest BCUT2D eigenvalue weighted by atomic mass is 9.92. The van der Waals surface area contributed by atoms with Crippen LogP contribution in [0.25, 0.3) is 11.6 Å². The molecule has 0 saturated heterocycles. The van der Waals surface area contributed by atoms with Gasteiger partial charge in [0.15, 0.2) is 11.6 Å². The number of aromatic amines is 1. The van der Waals surface area contributed by atoms with Gasteiger partial charge in [-0.25, -0.2) is 15.0 Å². The third-order valence-corrected chi connectivity index (χ3v) is 3.55. The van der Waals surface area contributed by atoms with Crippen LogP contribution in [0.1, 0.15) is 33.4 Å². The van der Waals surface area contributed by atoms with Gasteiger partial charge in [-0.05, 0) is 29.5 Å². The number of nitrogens with one attached hydrogen (secondary N) is 2. The van der Waals surface area contributed by atoms with E-state index in [1.54, 1.807) is 0 Å². The third-order valence-electron chi connectivity index (χ3n) is 2.53. The fraction of sp³-hybridized carbons (Fsp3) is 0.500. The summed E-state index contributed by atoms with van der Waals surface area (Å²) in [7, 11) is 0. The molecule has 0 saturated carbocycles. The van der Waals surface area contributed by atoms with Crippen LogP contribution < -0.4 is 5.32 Å². The first-order valence-corrected chi connectivity index (χ1v) is 7.19. The highest BCUT2D eigenvalue weighted by Crippen LogP contribution is 2.30. The van der Waals surface area contributed by atoms with Crippen molar-refractivity contribution >= 4 is 28.4 Å². The van der Waals surface area contributed by atoms with Gasteiger partial charge in [0.25, 0.3) is 0 Å². The maximum Gasteiger partial charge on any atom is 0.199 e. The van der Waals surface area contributed by atoms with Crippen molar-refractivity contribution < 1.29 is 0 Å². The Morgan fingerprint density at radius 3 is 2.58 bits per heavy atom. The van der Waals surface area contributed by atoms with E-state index in [0.29, 0.717) is 11.6 Å². The van der Waals surface area contributed by atoms with E-state index < -0.39 is 0 Å². The van der Waals surface area contributed by atoms with E-state index in [4.69, 9.17) is 0 Å². The molecular weight excluding hydrogens is 355 g/mol. The minimum atomic E-state index is -0.0571. The van der Waals surface area contributed by atoms with Gasteiger partial charge in [0.2, 0.25) is 0 Å². The quantitative estimate of drug-likeness (QED) is 0.810. The first kappa shape index (κ1) is 14.2. The molecule has 102 valence electrons. The van der Waals surface area contributed by atoms with Crippen LogP contribution in [0.4, 0.5) is 5.82 Å². The fourth-order valence-corrected chi connectivity index (χ4v) is 2.89. The van der Waals surface area contributed by atoms with Crippen molar-refractivity contribution in [3.63, 3.8) is 0 Å². The number of rotatable bonds is 3. The summed E-state index contributed by atoms with van der Waals surface area (Å²) in [5, 5.41) is 9.92. The molecule has 0 unspecified atom stereocenters. The minimum absolute atomic E-state index is 0.0571. The Hall–Kier alpha value is -1.25. The minimum Gasteiger partial charge on any atom is -0.369 e. The number of H-pyrrole nitrogens is 1. The monoisotopic (exact) mass is 372 g/mol. The lowest BCUT2D eigenvalue weighted by Crippen LogP contribution is -2.19. The predicted molar refractivity (Wildman–Crippen MR) is 83.0 cm³/mol. The standard InChI is InChI=1S/C12H17IN6/c1-5-14-9-7(13)8(12(2,3)4)17-11(18-9)10-15-6-16-19-10/h6H,5H2,1-4H3,(H,14,17,18)(H,15,16,19). The molecule has 6 nitrogen and oxygen atoms in total. The smallest absolute Gasteiger partial charge is 0.199 e. The zero-order valence-corrected chi connectivity index (χ0v) is 13.6.